The summed E-state index contributed by atoms with van der Waals surface area (Å²) >= 11 is 2.15. The molecule has 1 N–H and O–H groups in total. The van der Waals surface area contributed by atoms with Crippen molar-refractivity contribution in [2.75, 3.05) is 40.9 Å². The minimum Gasteiger partial charge on any atom is -0.493 e. The van der Waals surface area contributed by atoms with E-state index in [9.17, 15) is 4.79 Å². The van der Waals surface area contributed by atoms with Gasteiger partial charge in [-0.3, -0.25) is 4.79 Å². The molecule has 0 aromatic heterocycles. The monoisotopic (exact) mass is 432 g/mol. The largest absolute Gasteiger partial charge is 0.493 e. The number of nitrogens with zero attached hydrogens (tertiary/aromatic N) is 1. The number of ether oxygens (including phenoxy) is 2. The van der Waals surface area contributed by atoms with Gasteiger partial charge < -0.3 is 19.7 Å². The molecule has 0 atom stereocenters. The van der Waals surface area contributed by atoms with Gasteiger partial charge in [-0.05, 0) is 80.0 Å². The van der Waals surface area contributed by atoms with Gasteiger partial charge in [0, 0.05) is 10.1 Å². The topological polar surface area (TPSA) is 50.8 Å². The fourth-order valence-electron chi connectivity index (χ4n) is 2.86. The molecule has 1 aromatic carbocycles. The van der Waals surface area contributed by atoms with E-state index in [-0.39, 0.29) is 5.91 Å². The standard InChI is InChI=1S/C17H25IN2O3/c1-20-8-5-12(6-9-20)4-7-19-17(21)13-10-15(22-2)16(23-3)11-14(13)18/h10-12H,4-9H2,1-3H3,(H,19,21). The summed E-state index contributed by atoms with van der Waals surface area (Å²) in [6.45, 7) is 3.04. The fraction of sp³-hybridized carbons (Fsp3) is 0.588. The van der Waals surface area contributed by atoms with Crippen LogP contribution >= 0.6 is 22.6 Å². The highest BCUT2D eigenvalue weighted by Gasteiger charge is 2.18. The molecule has 0 bridgehead atoms. The second-order valence-corrected chi connectivity index (χ2v) is 7.14. The number of amides is 1. The van der Waals surface area contributed by atoms with Crippen LogP contribution in [0.15, 0.2) is 12.1 Å². The molecule has 6 heteroatoms. The first-order chi connectivity index (χ1) is 11.0. The fourth-order valence-corrected chi connectivity index (χ4v) is 3.55. The summed E-state index contributed by atoms with van der Waals surface area (Å²) in [5, 5.41) is 3.03. The minimum atomic E-state index is -0.0525. The van der Waals surface area contributed by atoms with Crippen molar-refractivity contribution in [1.82, 2.24) is 10.2 Å². The molecule has 23 heavy (non-hydrogen) atoms. The molecule has 5 nitrogen and oxygen atoms in total. The first kappa shape index (κ1) is 18.3. The van der Waals surface area contributed by atoms with Crippen LogP contribution in [-0.4, -0.2) is 51.7 Å². The Morgan fingerprint density at radius 2 is 1.87 bits per heavy atom. The molecule has 1 aliphatic rings. The lowest BCUT2D eigenvalue weighted by atomic mass is 9.94. The summed E-state index contributed by atoms with van der Waals surface area (Å²) in [5.74, 6) is 1.88. The SMILES string of the molecule is COc1cc(I)c(C(=O)NCCC2CCN(C)CC2)cc1OC. The molecular formula is C17H25IN2O3. The van der Waals surface area contributed by atoms with Crippen LogP contribution in [0.2, 0.25) is 0 Å². The third kappa shape index (κ3) is 4.97. The van der Waals surface area contributed by atoms with E-state index < -0.39 is 0 Å². The molecule has 1 aromatic rings. The van der Waals surface area contributed by atoms with Crippen molar-refractivity contribution < 1.29 is 14.3 Å². The first-order valence-electron chi connectivity index (χ1n) is 7.93. The predicted molar refractivity (Wildman–Crippen MR) is 99.4 cm³/mol. The Balaban J connectivity index is 1.90. The number of carbonyl (C=O) groups excluding carboxylic acids is 1. The van der Waals surface area contributed by atoms with Crippen molar-refractivity contribution in [2.45, 2.75) is 19.3 Å². The quantitative estimate of drug-likeness (QED) is 0.703. The highest BCUT2D eigenvalue weighted by atomic mass is 127. The van der Waals surface area contributed by atoms with Crippen LogP contribution < -0.4 is 14.8 Å². The molecule has 128 valence electrons. The second kappa shape index (κ2) is 8.73. The zero-order valence-corrected chi connectivity index (χ0v) is 16.2. The van der Waals surface area contributed by atoms with E-state index in [1.807, 2.05) is 6.07 Å². The van der Waals surface area contributed by atoms with Gasteiger partial charge in [-0.15, -0.1) is 0 Å². The van der Waals surface area contributed by atoms with Gasteiger partial charge in [-0.2, -0.15) is 0 Å². The van der Waals surface area contributed by atoms with Gasteiger partial charge in [0.05, 0.1) is 19.8 Å². The molecule has 0 spiro atoms. The van der Waals surface area contributed by atoms with Gasteiger partial charge in [0.25, 0.3) is 5.91 Å². The highest BCUT2D eigenvalue weighted by molar-refractivity contribution is 14.1. The van der Waals surface area contributed by atoms with Gasteiger partial charge in [0.2, 0.25) is 0 Å². The molecule has 1 amide bonds. The van der Waals surface area contributed by atoms with E-state index in [1.54, 1.807) is 20.3 Å². The molecule has 1 fully saturated rings. The van der Waals surface area contributed by atoms with Crippen molar-refractivity contribution in [3.05, 3.63) is 21.3 Å². The van der Waals surface area contributed by atoms with Crippen molar-refractivity contribution in [3.63, 3.8) is 0 Å². The summed E-state index contributed by atoms with van der Waals surface area (Å²) in [6.07, 6.45) is 3.49. The molecule has 2 rings (SSSR count). The molecule has 0 radical (unpaired) electrons. The van der Waals surface area contributed by atoms with Gasteiger partial charge >= 0.3 is 0 Å². The molecule has 1 aliphatic heterocycles. The maximum absolute atomic E-state index is 12.4. The Morgan fingerprint density at radius 3 is 2.48 bits per heavy atom. The number of nitrogens with one attached hydrogen (secondary N) is 1. The van der Waals surface area contributed by atoms with Crippen LogP contribution in [0, 0.1) is 9.49 Å². The number of halogens is 1. The van der Waals surface area contributed by atoms with Crippen LogP contribution in [-0.2, 0) is 0 Å². The molecule has 0 saturated carbocycles. The maximum atomic E-state index is 12.4. The summed E-state index contributed by atoms with van der Waals surface area (Å²) in [4.78, 5) is 14.8. The minimum absolute atomic E-state index is 0.0525. The van der Waals surface area contributed by atoms with Gasteiger partial charge in [-0.1, -0.05) is 0 Å². The highest BCUT2D eigenvalue weighted by Crippen LogP contribution is 2.31. The summed E-state index contributed by atoms with van der Waals surface area (Å²) in [7, 11) is 5.33. The van der Waals surface area contributed by atoms with E-state index >= 15 is 0 Å². The average Bonchev–Trinajstić information content (AvgIpc) is 2.56. The van der Waals surface area contributed by atoms with E-state index in [1.165, 1.54) is 12.8 Å². The molecule has 0 aliphatic carbocycles. The summed E-state index contributed by atoms with van der Waals surface area (Å²) < 4.78 is 11.4. The van der Waals surface area contributed by atoms with Crippen LogP contribution in [0.5, 0.6) is 11.5 Å². The number of rotatable bonds is 6. The van der Waals surface area contributed by atoms with Gasteiger partial charge in [0.15, 0.2) is 11.5 Å². The normalized spacial score (nSPS) is 16.2. The van der Waals surface area contributed by atoms with E-state index in [2.05, 4.69) is 39.9 Å². The molecule has 1 saturated heterocycles. The van der Waals surface area contributed by atoms with Crippen molar-refractivity contribution >= 4 is 28.5 Å². The molecule has 1 heterocycles. The van der Waals surface area contributed by atoms with Crippen molar-refractivity contribution in [3.8, 4) is 11.5 Å². The smallest absolute Gasteiger partial charge is 0.252 e. The number of piperidine rings is 1. The van der Waals surface area contributed by atoms with Gasteiger partial charge in [-0.25, -0.2) is 0 Å². The lowest BCUT2D eigenvalue weighted by molar-refractivity contribution is 0.0947. The van der Waals surface area contributed by atoms with Crippen molar-refractivity contribution in [1.29, 1.82) is 0 Å². The number of carbonyl (C=O) groups is 1. The number of benzene rings is 1. The van der Waals surface area contributed by atoms with Crippen LogP contribution in [0.1, 0.15) is 29.6 Å². The Morgan fingerprint density at radius 1 is 1.26 bits per heavy atom. The molecular weight excluding hydrogens is 407 g/mol. The number of hydrogen-bond acceptors (Lipinski definition) is 4. The number of likely N-dealkylation sites (tertiary alicyclic amines) is 1. The average molecular weight is 432 g/mol. The Kier molecular flexibility index (Phi) is 6.95. The van der Waals surface area contributed by atoms with Gasteiger partial charge in [0.1, 0.15) is 0 Å². The summed E-state index contributed by atoms with van der Waals surface area (Å²) in [5.41, 5.74) is 0.631. The maximum Gasteiger partial charge on any atom is 0.252 e. The third-order valence-electron chi connectivity index (χ3n) is 4.39. The van der Waals surface area contributed by atoms with E-state index in [0.29, 0.717) is 17.1 Å². The van der Waals surface area contributed by atoms with E-state index in [4.69, 9.17) is 9.47 Å². The lowest BCUT2D eigenvalue weighted by Gasteiger charge is -2.28. The number of methoxy groups -OCH3 is 2. The Bertz CT molecular complexity index is 543. The first-order valence-corrected chi connectivity index (χ1v) is 9.01. The van der Waals surface area contributed by atoms with Crippen molar-refractivity contribution in [2.24, 2.45) is 5.92 Å². The van der Waals surface area contributed by atoms with Crippen LogP contribution in [0.25, 0.3) is 0 Å². The lowest BCUT2D eigenvalue weighted by Crippen LogP contribution is -2.32. The second-order valence-electron chi connectivity index (χ2n) is 5.98. The molecule has 0 unspecified atom stereocenters. The Labute approximate surface area is 151 Å². The summed E-state index contributed by atoms with van der Waals surface area (Å²) in [6, 6.07) is 3.57. The third-order valence-corrected chi connectivity index (χ3v) is 5.29. The van der Waals surface area contributed by atoms with Crippen LogP contribution in [0.4, 0.5) is 0 Å². The zero-order valence-electron chi connectivity index (χ0n) is 14.0. The Hall–Kier alpha value is -1.02. The van der Waals surface area contributed by atoms with E-state index in [0.717, 1.165) is 35.5 Å². The zero-order chi connectivity index (χ0) is 16.8. The number of hydrogen-bond donors (Lipinski definition) is 1. The predicted octanol–water partition coefficient (Wildman–Crippen LogP) is 2.77. The van der Waals surface area contributed by atoms with Crippen LogP contribution in [0.3, 0.4) is 0 Å².